The Labute approximate surface area is 100 Å². The molecule has 0 heterocycles. The first-order valence-corrected chi connectivity index (χ1v) is 6.49. The third-order valence-electron chi connectivity index (χ3n) is 2.56. The normalized spacial score (nSPS) is 13.7. The highest BCUT2D eigenvalue weighted by Crippen LogP contribution is 2.32. The van der Waals surface area contributed by atoms with Crippen molar-refractivity contribution in [1.29, 1.82) is 0 Å². The van der Waals surface area contributed by atoms with Crippen molar-refractivity contribution in [1.82, 2.24) is 0 Å². The summed E-state index contributed by atoms with van der Waals surface area (Å²) in [4.78, 5) is 1.28. The maximum Gasteiger partial charge on any atom is 0.224 e. The number of fused-ring (bicyclic) bond motifs is 1. The highest BCUT2D eigenvalue weighted by molar-refractivity contribution is 8.22. The molecule has 0 aliphatic heterocycles. The highest BCUT2D eigenvalue weighted by Gasteiger charge is 2.15. The molecule has 1 nitrogen and oxygen atoms in total. The van der Waals surface area contributed by atoms with E-state index in [0.717, 1.165) is 0 Å². The maximum atomic E-state index is 5.30. The molecule has 80 valence electrons. The summed E-state index contributed by atoms with van der Waals surface area (Å²) in [5.41, 5.74) is 2.96. The van der Waals surface area contributed by atoms with Crippen LogP contribution in [0.25, 0.3) is 0 Å². The van der Waals surface area contributed by atoms with Gasteiger partial charge in [-0.3, -0.25) is 0 Å². The number of thioether (sulfide) groups is 1. The summed E-state index contributed by atoms with van der Waals surface area (Å²) in [5.74, 6) is 0. The van der Waals surface area contributed by atoms with Crippen LogP contribution in [-0.2, 0) is 17.6 Å². The van der Waals surface area contributed by atoms with E-state index in [0.29, 0.717) is 11.0 Å². The van der Waals surface area contributed by atoms with Crippen LogP contribution in [-0.4, -0.2) is 11.0 Å². The molecule has 0 saturated heterocycles. The molecule has 0 saturated carbocycles. The number of thiocarbonyl (C=S) groups is 1. The Bertz CT molecular complexity index is 374. The fourth-order valence-electron chi connectivity index (χ4n) is 1.92. The fraction of sp³-hybridized carbons (Fsp3) is 0.417. The van der Waals surface area contributed by atoms with E-state index < -0.39 is 0 Å². The molecule has 0 unspecified atom stereocenters. The van der Waals surface area contributed by atoms with Gasteiger partial charge in [-0.15, -0.1) is 0 Å². The van der Waals surface area contributed by atoms with Crippen LogP contribution in [0.2, 0.25) is 0 Å². The number of benzene rings is 1. The van der Waals surface area contributed by atoms with Crippen molar-refractivity contribution in [3.63, 3.8) is 0 Å². The van der Waals surface area contributed by atoms with E-state index in [-0.39, 0.29) is 0 Å². The van der Waals surface area contributed by atoms with Gasteiger partial charge in [0.25, 0.3) is 0 Å². The molecule has 1 aromatic rings. The highest BCUT2D eigenvalue weighted by atomic mass is 32.2. The van der Waals surface area contributed by atoms with Crippen LogP contribution in [0.5, 0.6) is 0 Å². The Morgan fingerprint density at radius 1 is 1.47 bits per heavy atom. The first kappa shape index (κ1) is 11.0. The third-order valence-corrected chi connectivity index (χ3v) is 3.81. The average molecular weight is 238 g/mol. The zero-order valence-corrected chi connectivity index (χ0v) is 10.4. The average Bonchev–Trinajstić information content (AvgIpc) is 2.67. The van der Waals surface area contributed by atoms with E-state index in [9.17, 15) is 0 Å². The van der Waals surface area contributed by atoms with Gasteiger partial charge in [-0.2, -0.15) is 0 Å². The van der Waals surface area contributed by atoms with E-state index in [1.807, 2.05) is 6.92 Å². The van der Waals surface area contributed by atoms with Gasteiger partial charge < -0.3 is 4.74 Å². The molecule has 2 rings (SSSR count). The number of aryl methyl sites for hydroxylation is 1. The summed E-state index contributed by atoms with van der Waals surface area (Å²) in [7, 11) is 0. The fourth-order valence-corrected chi connectivity index (χ4v) is 3.16. The molecule has 1 aliphatic carbocycles. The topological polar surface area (TPSA) is 9.23 Å². The smallest absolute Gasteiger partial charge is 0.224 e. The molecule has 0 radical (unpaired) electrons. The molecule has 0 bridgehead atoms. The van der Waals surface area contributed by atoms with E-state index in [4.69, 9.17) is 17.0 Å². The van der Waals surface area contributed by atoms with Crippen LogP contribution >= 0.6 is 24.0 Å². The third kappa shape index (κ3) is 2.52. The largest absolute Gasteiger partial charge is 0.479 e. The number of hydrogen-bond donors (Lipinski definition) is 0. The van der Waals surface area contributed by atoms with Gasteiger partial charge in [-0.1, -0.05) is 12.1 Å². The summed E-state index contributed by atoms with van der Waals surface area (Å²) >= 11 is 6.73. The first-order valence-electron chi connectivity index (χ1n) is 5.26. The van der Waals surface area contributed by atoms with Crippen molar-refractivity contribution in [2.75, 3.05) is 6.61 Å². The lowest BCUT2D eigenvalue weighted by Gasteiger charge is -2.08. The molecule has 15 heavy (non-hydrogen) atoms. The van der Waals surface area contributed by atoms with Gasteiger partial charge in [0.15, 0.2) is 0 Å². The van der Waals surface area contributed by atoms with E-state index >= 15 is 0 Å². The van der Waals surface area contributed by atoms with E-state index in [1.54, 1.807) is 11.8 Å². The van der Waals surface area contributed by atoms with Gasteiger partial charge in [0.1, 0.15) is 0 Å². The van der Waals surface area contributed by atoms with Crippen molar-refractivity contribution in [2.45, 2.75) is 31.1 Å². The minimum absolute atomic E-state index is 0.637. The van der Waals surface area contributed by atoms with Gasteiger partial charge >= 0.3 is 0 Å². The Balaban J connectivity index is 2.15. The Morgan fingerprint density at radius 2 is 2.33 bits per heavy atom. The van der Waals surface area contributed by atoms with Crippen LogP contribution in [0, 0.1) is 0 Å². The second-order valence-corrected chi connectivity index (χ2v) is 5.18. The SMILES string of the molecule is CCOC(=S)Sc1cccc2c1CCC2. The van der Waals surface area contributed by atoms with Gasteiger partial charge in [0.2, 0.25) is 4.38 Å². The van der Waals surface area contributed by atoms with Crippen molar-refractivity contribution in [2.24, 2.45) is 0 Å². The number of ether oxygens (including phenoxy) is 1. The quantitative estimate of drug-likeness (QED) is 0.575. The van der Waals surface area contributed by atoms with Gasteiger partial charge in [-0.05, 0) is 67.4 Å². The summed E-state index contributed by atoms with van der Waals surface area (Å²) in [5, 5.41) is 0. The standard InChI is InChI=1S/C12H14OS2/c1-2-13-12(14)15-11-8-4-6-9-5-3-7-10(9)11/h4,6,8H,2-3,5,7H2,1H3. The van der Waals surface area contributed by atoms with E-state index in [1.165, 1.54) is 35.3 Å². The monoisotopic (exact) mass is 238 g/mol. The second-order valence-electron chi connectivity index (χ2n) is 3.53. The molecule has 0 aromatic heterocycles. The second kappa shape index (κ2) is 4.99. The van der Waals surface area contributed by atoms with Gasteiger partial charge in [0.05, 0.1) is 6.61 Å². The summed E-state index contributed by atoms with van der Waals surface area (Å²) in [6.45, 7) is 2.61. The van der Waals surface area contributed by atoms with Crippen LogP contribution in [0.3, 0.4) is 0 Å². The van der Waals surface area contributed by atoms with Crippen molar-refractivity contribution in [3.05, 3.63) is 29.3 Å². The zero-order valence-electron chi connectivity index (χ0n) is 8.79. The molecule has 3 heteroatoms. The Morgan fingerprint density at radius 3 is 3.13 bits per heavy atom. The lowest BCUT2D eigenvalue weighted by Crippen LogP contribution is -1.97. The molecule has 0 N–H and O–H groups in total. The van der Waals surface area contributed by atoms with E-state index in [2.05, 4.69) is 18.2 Å². The predicted octanol–water partition coefficient (Wildman–Crippen LogP) is 3.59. The first-order chi connectivity index (χ1) is 7.31. The van der Waals surface area contributed by atoms with Crippen molar-refractivity contribution < 1.29 is 4.74 Å². The van der Waals surface area contributed by atoms with Crippen LogP contribution in [0.1, 0.15) is 24.5 Å². The van der Waals surface area contributed by atoms with Gasteiger partial charge in [0, 0.05) is 4.90 Å². The lowest BCUT2D eigenvalue weighted by molar-refractivity contribution is 0.346. The molecule has 0 spiro atoms. The minimum atomic E-state index is 0.637. The molecule has 1 aliphatic rings. The molecule has 0 amide bonds. The molecular formula is C12H14OS2. The van der Waals surface area contributed by atoms with Crippen LogP contribution in [0.15, 0.2) is 23.1 Å². The summed E-state index contributed by atoms with van der Waals surface area (Å²) in [6.07, 6.45) is 3.67. The molecular weight excluding hydrogens is 224 g/mol. The predicted molar refractivity (Wildman–Crippen MR) is 68.5 cm³/mol. The molecule has 0 atom stereocenters. The van der Waals surface area contributed by atoms with Crippen LogP contribution in [0.4, 0.5) is 0 Å². The summed E-state index contributed by atoms with van der Waals surface area (Å²) in [6, 6.07) is 6.47. The van der Waals surface area contributed by atoms with Gasteiger partial charge in [-0.25, -0.2) is 0 Å². The van der Waals surface area contributed by atoms with Crippen LogP contribution < -0.4 is 0 Å². The Kier molecular flexibility index (Phi) is 3.65. The molecule has 0 fully saturated rings. The molecule has 1 aromatic carbocycles. The Hall–Kier alpha value is -0.540. The zero-order chi connectivity index (χ0) is 10.7. The summed E-state index contributed by atoms with van der Waals surface area (Å²) < 4.78 is 5.94. The number of rotatable bonds is 2. The lowest BCUT2D eigenvalue weighted by atomic mass is 10.1. The number of hydrogen-bond acceptors (Lipinski definition) is 3. The van der Waals surface area contributed by atoms with Crippen molar-refractivity contribution in [3.8, 4) is 0 Å². The minimum Gasteiger partial charge on any atom is -0.479 e. The van der Waals surface area contributed by atoms with Crippen molar-refractivity contribution >= 4 is 28.4 Å². The maximum absolute atomic E-state index is 5.30.